The average Bonchev–Trinajstić information content (AvgIpc) is 3.00. The van der Waals surface area contributed by atoms with Crippen LogP contribution in [0.3, 0.4) is 0 Å². The van der Waals surface area contributed by atoms with Crippen molar-refractivity contribution in [2.24, 2.45) is 0 Å². The number of nitrogens with one attached hydrogen (secondary N) is 1. The molecule has 0 aliphatic heterocycles. The molecule has 1 aliphatic carbocycles. The van der Waals surface area contributed by atoms with Crippen LogP contribution >= 0.6 is 0 Å². The quantitative estimate of drug-likeness (QED) is 0.814. The Labute approximate surface area is 99.3 Å². The smallest absolute Gasteiger partial charge is 0.00966 e. The lowest BCUT2D eigenvalue weighted by Crippen LogP contribution is -2.37. The van der Waals surface area contributed by atoms with Gasteiger partial charge in [0.05, 0.1) is 0 Å². The molecule has 0 bridgehead atoms. The predicted molar refractivity (Wildman–Crippen MR) is 69.9 cm³/mol. The fourth-order valence-corrected chi connectivity index (χ4v) is 1.95. The molecule has 0 amide bonds. The fraction of sp³-hybridized carbons (Fsp3) is 0.600. The summed E-state index contributed by atoms with van der Waals surface area (Å²) < 4.78 is 0. The first-order valence-corrected chi connectivity index (χ1v) is 6.38. The summed E-state index contributed by atoms with van der Waals surface area (Å²) in [6, 6.07) is 9.20. The van der Waals surface area contributed by atoms with Crippen molar-refractivity contribution in [3.8, 4) is 0 Å². The topological polar surface area (TPSA) is 12.0 Å². The Hall–Kier alpha value is -0.820. The second-order valence-corrected chi connectivity index (χ2v) is 5.94. The van der Waals surface area contributed by atoms with Crippen molar-refractivity contribution in [3.05, 3.63) is 35.4 Å². The molecule has 16 heavy (non-hydrogen) atoms. The highest BCUT2D eigenvalue weighted by Crippen LogP contribution is 2.39. The minimum Gasteiger partial charge on any atom is -0.312 e. The fourth-order valence-electron chi connectivity index (χ4n) is 1.95. The molecular formula is C15H23N. The van der Waals surface area contributed by atoms with Crippen molar-refractivity contribution in [2.45, 2.75) is 51.5 Å². The molecule has 0 saturated heterocycles. The van der Waals surface area contributed by atoms with Crippen LogP contribution < -0.4 is 5.32 Å². The van der Waals surface area contributed by atoms with Gasteiger partial charge in [-0.25, -0.2) is 0 Å². The molecule has 0 spiro atoms. The zero-order valence-corrected chi connectivity index (χ0v) is 10.7. The maximum absolute atomic E-state index is 3.52. The van der Waals surface area contributed by atoms with E-state index in [4.69, 9.17) is 0 Å². The van der Waals surface area contributed by atoms with Crippen LogP contribution in [0.25, 0.3) is 0 Å². The van der Waals surface area contributed by atoms with E-state index in [9.17, 15) is 0 Å². The molecule has 1 heteroatoms. The summed E-state index contributed by atoms with van der Waals surface area (Å²) in [7, 11) is 0. The van der Waals surface area contributed by atoms with Crippen molar-refractivity contribution in [1.82, 2.24) is 5.32 Å². The number of hydrogen-bond acceptors (Lipinski definition) is 1. The maximum atomic E-state index is 3.52. The molecule has 0 unspecified atom stereocenters. The number of hydrogen-bond donors (Lipinski definition) is 1. The average molecular weight is 217 g/mol. The summed E-state index contributed by atoms with van der Waals surface area (Å²) in [5.41, 5.74) is 3.21. The van der Waals surface area contributed by atoms with Crippen LogP contribution in [0.2, 0.25) is 0 Å². The highest BCUT2D eigenvalue weighted by Gasteiger charge is 2.22. The molecule has 0 radical (unpaired) electrons. The van der Waals surface area contributed by atoms with E-state index in [0.717, 1.165) is 18.9 Å². The Morgan fingerprint density at radius 3 is 2.25 bits per heavy atom. The normalized spacial score (nSPS) is 16.4. The molecular weight excluding hydrogens is 194 g/mol. The van der Waals surface area contributed by atoms with E-state index in [0.29, 0.717) is 0 Å². The highest BCUT2D eigenvalue weighted by atomic mass is 14.9. The van der Waals surface area contributed by atoms with Crippen LogP contribution in [0.1, 0.15) is 50.7 Å². The Balaban J connectivity index is 1.81. The first kappa shape index (κ1) is 11.7. The van der Waals surface area contributed by atoms with Crippen LogP contribution in [0.15, 0.2) is 24.3 Å². The predicted octanol–water partition coefficient (Wildman–Crippen LogP) is 3.49. The van der Waals surface area contributed by atoms with E-state index < -0.39 is 0 Å². The Morgan fingerprint density at radius 1 is 1.12 bits per heavy atom. The minimum absolute atomic E-state index is 0.230. The van der Waals surface area contributed by atoms with E-state index in [1.54, 1.807) is 0 Å². The molecule has 2 rings (SSSR count). The minimum atomic E-state index is 0.230. The van der Waals surface area contributed by atoms with Gasteiger partial charge in [-0.05, 0) is 63.6 Å². The maximum Gasteiger partial charge on any atom is 0.00966 e. The van der Waals surface area contributed by atoms with Crippen molar-refractivity contribution < 1.29 is 0 Å². The molecule has 0 atom stereocenters. The van der Waals surface area contributed by atoms with E-state index in [2.05, 4.69) is 50.4 Å². The summed E-state index contributed by atoms with van der Waals surface area (Å²) in [6.07, 6.45) is 3.91. The second-order valence-electron chi connectivity index (χ2n) is 5.94. The zero-order valence-electron chi connectivity index (χ0n) is 10.7. The third-order valence-electron chi connectivity index (χ3n) is 3.10. The van der Waals surface area contributed by atoms with Gasteiger partial charge in [-0.3, -0.25) is 0 Å². The number of rotatable bonds is 4. The largest absolute Gasteiger partial charge is 0.312 e. The lowest BCUT2D eigenvalue weighted by molar-refractivity contribution is 0.429. The third kappa shape index (κ3) is 3.64. The molecule has 1 fully saturated rings. The van der Waals surface area contributed by atoms with E-state index in [1.165, 1.54) is 24.0 Å². The van der Waals surface area contributed by atoms with Crippen LogP contribution in [0.5, 0.6) is 0 Å². The molecule has 1 aromatic carbocycles. The van der Waals surface area contributed by atoms with Gasteiger partial charge < -0.3 is 5.32 Å². The molecule has 0 heterocycles. The highest BCUT2D eigenvalue weighted by molar-refractivity contribution is 5.28. The van der Waals surface area contributed by atoms with Crippen molar-refractivity contribution >= 4 is 0 Å². The van der Waals surface area contributed by atoms with Gasteiger partial charge in [0.15, 0.2) is 0 Å². The van der Waals surface area contributed by atoms with Gasteiger partial charge in [-0.2, -0.15) is 0 Å². The molecule has 1 N–H and O–H groups in total. The van der Waals surface area contributed by atoms with Crippen LogP contribution in [-0.2, 0) is 6.42 Å². The summed E-state index contributed by atoms with van der Waals surface area (Å²) in [5.74, 6) is 0.877. The lowest BCUT2D eigenvalue weighted by atomic mass is 10.1. The van der Waals surface area contributed by atoms with Gasteiger partial charge in [0.1, 0.15) is 0 Å². The lowest BCUT2D eigenvalue weighted by Gasteiger charge is -2.20. The van der Waals surface area contributed by atoms with Gasteiger partial charge in [0, 0.05) is 5.54 Å². The van der Waals surface area contributed by atoms with Crippen molar-refractivity contribution in [1.29, 1.82) is 0 Å². The van der Waals surface area contributed by atoms with Gasteiger partial charge in [-0.15, -0.1) is 0 Å². The van der Waals surface area contributed by atoms with Crippen LogP contribution in [0, 0.1) is 0 Å². The van der Waals surface area contributed by atoms with Crippen molar-refractivity contribution in [2.75, 3.05) is 6.54 Å². The van der Waals surface area contributed by atoms with E-state index >= 15 is 0 Å². The standard InChI is InChI=1S/C15H23N/c1-15(2,3)16-11-10-12-4-6-13(7-5-12)14-8-9-14/h4-7,14,16H,8-11H2,1-3H3. The van der Waals surface area contributed by atoms with Gasteiger partial charge >= 0.3 is 0 Å². The first-order chi connectivity index (χ1) is 7.54. The Morgan fingerprint density at radius 2 is 1.75 bits per heavy atom. The SMILES string of the molecule is CC(C)(C)NCCc1ccc(C2CC2)cc1. The Kier molecular flexibility index (Phi) is 3.34. The summed E-state index contributed by atoms with van der Waals surface area (Å²) >= 11 is 0. The summed E-state index contributed by atoms with van der Waals surface area (Å²) in [6.45, 7) is 7.70. The second kappa shape index (κ2) is 4.58. The third-order valence-corrected chi connectivity index (χ3v) is 3.10. The molecule has 1 aromatic rings. The molecule has 1 nitrogen and oxygen atoms in total. The van der Waals surface area contributed by atoms with Crippen LogP contribution in [0.4, 0.5) is 0 Å². The number of benzene rings is 1. The molecule has 1 aliphatic rings. The van der Waals surface area contributed by atoms with Gasteiger partial charge in [0.25, 0.3) is 0 Å². The van der Waals surface area contributed by atoms with Gasteiger partial charge in [-0.1, -0.05) is 24.3 Å². The monoisotopic (exact) mass is 217 g/mol. The summed E-state index contributed by atoms with van der Waals surface area (Å²) in [4.78, 5) is 0. The molecule has 1 saturated carbocycles. The first-order valence-electron chi connectivity index (χ1n) is 6.38. The zero-order chi connectivity index (χ0) is 11.6. The van der Waals surface area contributed by atoms with Crippen LogP contribution in [-0.4, -0.2) is 12.1 Å². The molecule has 0 aromatic heterocycles. The Bertz CT molecular complexity index is 327. The van der Waals surface area contributed by atoms with E-state index in [-0.39, 0.29) is 5.54 Å². The van der Waals surface area contributed by atoms with Crippen molar-refractivity contribution in [3.63, 3.8) is 0 Å². The summed E-state index contributed by atoms with van der Waals surface area (Å²) in [5, 5.41) is 3.52. The van der Waals surface area contributed by atoms with E-state index in [1.807, 2.05) is 0 Å². The van der Waals surface area contributed by atoms with Gasteiger partial charge in [0.2, 0.25) is 0 Å². The molecule has 88 valence electrons.